The minimum Gasteiger partial charge on any atom is -0.382 e. The number of anilines is 1. The highest BCUT2D eigenvalue weighted by molar-refractivity contribution is 5.83. The van der Waals surface area contributed by atoms with E-state index in [1.165, 1.54) is 45.6 Å². The third-order valence-electron chi connectivity index (χ3n) is 3.43. The summed E-state index contributed by atoms with van der Waals surface area (Å²) in [6.45, 7) is 0.162. The van der Waals surface area contributed by atoms with Gasteiger partial charge in [0.15, 0.2) is 6.10 Å². The molecule has 0 bridgehead atoms. The summed E-state index contributed by atoms with van der Waals surface area (Å²) in [5, 5.41) is 11.8. The molecular formula is C14H19N3O7. The molecule has 10 heteroatoms. The number of nitrogens with one attached hydrogen (secondary N) is 1. The van der Waals surface area contributed by atoms with Crippen molar-refractivity contribution in [2.24, 2.45) is 0 Å². The van der Waals surface area contributed by atoms with Gasteiger partial charge in [-0.25, -0.2) is 0 Å². The molecule has 1 amide bonds. The van der Waals surface area contributed by atoms with Crippen molar-refractivity contribution in [3.8, 4) is 0 Å². The highest BCUT2D eigenvalue weighted by atomic mass is 16.7. The van der Waals surface area contributed by atoms with Crippen LogP contribution < -0.4 is 5.43 Å². The smallest absolute Gasteiger partial charge is 0.277 e. The minimum absolute atomic E-state index is 0.0556. The van der Waals surface area contributed by atoms with Crippen LogP contribution in [0, 0.1) is 10.1 Å². The van der Waals surface area contributed by atoms with Crippen LogP contribution in [0.1, 0.15) is 0 Å². The van der Waals surface area contributed by atoms with Crippen LogP contribution in [0.5, 0.6) is 0 Å². The molecule has 1 saturated heterocycles. The SMILES string of the molecule is COC[C@H]1O[C@@H](OC)N(Nc2ccc([N+](=O)[O-])cc2)C(=O)[C@@H]1OC. The first kappa shape index (κ1) is 18.1. The number of nitro benzene ring substituents is 1. The second-order valence-electron chi connectivity index (χ2n) is 4.95. The first-order valence-corrected chi connectivity index (χ1v) is 7.06. The summed E-state index contributed by atoms with van der Waals surface area (Å²) in [4.78, 5) is 22.8. The zero-order chi connectivity index (χ0) is 17.7. The standard InChI is InChI=1S/C14H19N3O7/c1-21-8-11-12(22-2)13(18)16(14(23-3)24-11)15-9-4-6-10(7-5-9)17(19)20/h4-7,11-12,14-15H,8H2,1-3H3/t11-,12-,14-/m1/s1. The highest BCUT2D eigenvalue weighted by Gasteiger charge is 2.44. The lowest BCUT2D eigenvalue weighted by molar-refractivity contribution is -0.384. The van der Waals surface area contributed by atoms with Crippen molar-refractivity contribution in [3.63, 3.8) is 0 Å². The van der Waals surface area contributed by atoms with Crippen LogP contribution in [-0.4, -0.2) is 62.4 Å². The summed E-state index contributed by atoms with van der Waals surface area (Å²) in [6, 6.07) is 5.59. The Labute approximate surface area is 138 Å². The Morgan fingerprint density at radius 2 is 1.92 bits per heavy atom. The number of carbonyl (C=O) groups is 1. The second kappa shape index (κ2) is 8.02. The number of nitrogens with zero attached hydrogens (tertiary/aromatic N) is 2. The summed E-state index contributed by atoms with van der Waals surface area (Å²) >= 11 is 0. The number of non-ortho nitro benzene ring substituents is 1. The molecule has 0 radical (unpaired) electrons. The number of methoxy groups -OCH3 is 3. The molecule has 1 aromatic carbocycles. The fraction of sp³-hybridized carbons (Fsp3) is 0.500. The molecule has 1 aromatic rings. The molecule has 0 spiro atoms. The fourth-order valence-electron chi connectivity index (χ4n) is 2.29. The number of benzene rings is 1. The summed E-state index contributed by atoms with van der Waals surface area (Å²) in [5.74, 6) is -0.406. The van der Waals surface area contributed by atoms with E-state index in [2.05, 4.69) is 5.43 Å². The molecule has 0 aliphatic carbocycles. The predicted octanol–water partition coefficient (Wildman–Crippen LogP) is 0.740. The number of hydrogen-bond donors (Lipinski definition) is 1. The van der Waals surface area contributed by atoms with Crippen molar-refractivity contribution in [1.29, 1.82) is 0 Å². The molecule has 1 heterocycles. The van der Waals surface area contributed by atoms with E-state index in [0.29, 0.717) is 5.69 Å². The van der Waals surface area contributed by atoms with Gasteiger partial charge in [-0.1, -0.05) is 0 Å². The van der Waals surface area contributed by atoms with Crippen molar-refractivity contribution < 1.29 is 28.7 Å². The van der Waals surface area contributed by atoms with E-state index < -0.39 is 29.5 Å². The summed E-state index contributed by atoms with van der Waals surface area (Å²) in [6.07, 6.45) is -2.49. The quantitative estimate of drug-likeness (QED) is 0.571. The summed E-state index contributed by atoms with van der Waals surface area (Å²) in [5.41, 5.74) is 3.22. The average molecular weight is 341 g/mol. The van der Waals surface area contributed by atoms with Crippen LogP contribution >= 0.6 is 0 Å². The number of rotatable bonds is 7. The Balaban J connectivity index is 2.17. The van der Waals surface area contributed by atoms with E-state index in [1.807, 2.05) is 0 Å². The highest BCUT2D eigenvalue weighted by Crippen LogP contribution is 2.23. The third-order valence-corrected chi connectivity index (χ3v) is 3.43. The van der Waals surface area contributed by atoms with Crippen LogP contribution in [0.3, 0.4) is 0 Å². The maximum Gasteiger partial charge on any atom is 0.277 e. The average Bonchev–Trinajstić information content (AvgIpc) is 2.58. The van der Waals surface area contributed by atoms with Crippen LogP contribution in [0.15, 0.2) is 24.3 Å². The molecule has 1 fully saturated rings. The Morgan fingerprint density at radius 3 is 2.42 bits per heavy atom. The number of ether oxygens (including phenoxy) is 4. The topological polar surface area (TPSA) is 112 Å². The van der Waals surface area contributed by atoms with Gasteiger partial charge in [0.2, 0.25) is 0 Å². The molecule has 3 atom stereocenters. The van der Waals surface area contributed by atoms with Gasteiger partial charge < -0.3 is 18.9 Å². The molecule has 10 nitrogen and oxygen atoms in total. The number of nitro groups is 1. The Bertz CT molecular complexity index is 580. The van der Waals surface area contributed by atoms with Gasteiger partial charge in [0, 0.05) is 33.5 Å². The molecule has 2 rings (SSSR count). The molecule has 0 saturated carbocycles. The molecule has 24 heavy (non-hydrogen) atoms. The molecule has 0 aromatic heterocycles. The maximum absolute atomic E-state index is 12.6. The number of amides is 1. The second-order valence-corrected chi connectivity index (χ2v) is 4.95. The lowest BCUT2D eigenvalue weighted by Crippen LogP contribution is -2.61. The van der Waals surface area contributed by atoms with Crippen molar-refractivity contribution in [3.05, 3.63) is 34.4 Å². The van der Waals surface area contributed by atoms with E-state index in [1.54, 1.807) is 0 Å². The van der Waals surface area contributed by atoms with Crippen LogP contribution in [0.25, 0.3) is 0 Å². The van der Waals surface area contributed by atoms with Crippen LogP contribution in [0.4, 0.5) is 11.4 Å². The largest absolute Gasteiger partial charge is 0.382 e. The van der Waals surface area contributed by atoms with E-state index >= 15 is 0 Å². The van der Waals surface area contributed by atoms with E-state index in [9.17, 15) is 14.9 Å². The fourth-order valence-corrected chi connectivity index (χ4v) is 2.29. The molecule has 132 valence electrons. The van der Waals surface area contributed by atoms with Gasteiger partial charge in [-0.05, 0) is 12.1 Å². The zero-order valence-corrected chi connectivity index (χ0v) is 13.5. The molecule has 1 N–H and O–H groups in total. The molecule has 1 aliphatic heterocycles. The third kappa shape index (κ3) is 3.79. The van der Waals surface area contributed by atoms with Gasteiger partial charge in [0.05, 0.1) is 17.2 Å². The molecule has 0 unspecified atom stereocenters. The lowest BCUT2D eigenvalue weighted by atomic mass is 10.1. The Morgan fingerprint density at radius 1 is 1.25 bits per heavy atom. The Kier molecular flexibility index (Phi) is 6.04. The first-order valence-electron chi connectivity index (χ1n) is 7.06. The van der Waals surface area contributed by atoms with Crippen molar-refractivity contribution in [2.75, 3.05) is 33.4 Å². The van der Waals surface area contributed by atoms with Gasteiger partial charge in [-0.3, -0.25) is 20.3 Å². The molecule has 1 aliphatic rings. The normalized spacial score (nSPS) is 24.0. The molecular weight excluding hydrogens is 322 g/mol. The number of carbonyl (C=O) groups excluding carboxylic acids is 1. The maximum atomic E-state index is 12.6. The van der Waals surface area contributed by atoms with Gasteiger partial charge in [-0.2, -0.15) is 5.01 Å². The van der Waals surface area contributed by atoms with Crippen LogP contribution in [-0.2, 0) is 23.7 Å². The lowest BCUT2D eigenvalue weighted by Gasteiger charge is -2.41. The summed E-state index contributed by atoms with van der Waals surface area (Å²) < 4.78 is 21.1. The monoisotopic (exact) mass is 341 g/mol. The van der Waals surface area contributed by atoms with Gasteiger partial charge in [0.25, 0.3) is 18.0 Å². The van der Waals surface area contributed by atoms with Crippen molar-refractivity contribution in [1.82, 2.24) is 5.01 Å². The number of hydrazine groups is 1. The number of hydrogen-bond acceptors (Lipinski definition) is 8. The van der Waals surface area contributed by atoms with E-state index in [0.717, 1.165) is 5.01 Å². The van der Waals surface area contributed by atoms with E-state index in [4.69, 9.17) is 18.9 Å². The predicted molar refractivity (Wildman–Crippen MR) is 81.9 cm³/mol. The van der Waals surface area contributed by atoms with Gasteiger partial charge in [0.1, 0.15) is 6.10 Å². The van der Waals surface area contributed by atoms with Crippen molar-refractivity contribution >= 4 is 17.3 Å². The Hall–Kier alpha value is -2.27. The zero-order valence-electron chi connectivity index (χ0n) is 13.5. The first-order chi connectivity index (χ1) is 11.5. The van der Waals surface area contributed by atoms with Crippen molar-refractivity contribution in [2.45, 2.75) is 18.6 Å². The van der Waals surface area contributed by atoms with E-state index in [-0.39, 0.29) is 12.3 Å². The minimum atomic E-state index is -1.00. The van der Waals surface area contributed by atoms with Crippen LogP contribution in [0.2, 0.25) is 0 Å². The van der Waals surface area contributed by atoms with Gasteiger partial charge in [-0.15, -0.1) is 0 Å². The van der Waals surface area contributed by atoms with Gasteiger partial charge >= 0.3 is 0 Å². The summed E-state index contributed by atoms with van der Waals surface area (Å²) in [7, 11) is 4.27.